The lowest BCUT2D eigenvalue weighted by atomic mass is 9.65. The van der Waals surface area contributed by atoms with E-state index >= 15 is 0 Å². The molecule has 0 bridgehead atoms. The average Bonchev–Trinajstić information content (AvgIpc) is 2.30. The molecule has 1 saturated carbocycles. The Labute approximate surface area is 92.0 Å². The van der Waals surface area contributed by atoms with Gasteiger partial charge in [-0.05, 0) is 23.8 Å². The van der Waals surface area contributed by atoms with Crippen LogP contribution in [0, 0.1) is 17.3 Å². The van der Waals surface area contributed by atoms with Crippen LogP contribution >= 0.6 is 0 Å². The summed E-state index contributed by atoms with van der Waals surface area (Å²) in [5, 5.41) is 9.03. The molecule has 1 fully saturated rings. The van der Waals surface area contributed by atoms with E-state index in [2.05, 4.69) is 13.8 Å². The summed E-state index contributed by atoms with van der Waals surface area (Å²) in [5.41, 5.74) is 5.70. The van der Waals surface area contributed by atoms with Crippen LogP contribution < -0.4 is 5.73 Å². The van der Waals surface area contributed by atoms with Crippen LogP contribution in [0.15, 0.2) is 0 Å². The van der Waals surface area contributed by atoms with Crippen molar-refractivity contribution in [2.45, 2.75) is 46.0 Å². The molecule has 2 atom stereocenters. The molecule has 0 saturated heterocycles. The van der Waals surface area contributed by atoms with Crippen LogP contribution in [0.5, 0.6) is 0 Å². The summed E-state index contributed by atoms with van der Waals surface area (Å²) < 4.78 is 0. The van der Waals surface area contributed by atoms with Crippen LogP contribution in [-0.4, -0.2) is 17.6 Å². The molecule has 0 aromatic rings. The Morgan fingerprint density at radius 2 is 1.80 bits per heavy atom. The molecule has 3 heteroatoms. The lowest BCUT2D eigenvalue weighted by molar-refractivity contribution is -0.141. The molecule has 0 spiro atoms. The van der Waals surface area contributed by atoms with Crippen molar-refractivity contribution in [3.63, 3.8) is 0 Å². The number of carboxylic acids is 1. The van der Waals surface area contributed by atoms with Gasteiger partial charge in [0.25, 0.3) is 0 Å². The van der Waals surface area contributed by atoms with Gasteiger partial charge in [0.2, 0.25) is 0 Å². The number of hydrogen-bond donors (Lipinski definition) is 2. The van der Waals surface area contributed by atoms with E-state index in [1.165, 1.54) is 12.8 Å². The summed E-state index contributed by atoms with van der Waals surface area (Å²) in [6.45, 7) is 4.83. The van der Waals surface area contributed by atoms with Crippen LogP contribution in [0.4, 0.5) is 0 Å². The lowest BCUT2D eigenvalue weighted by Crippen LogP contribution is -2.43. The molecule has 3 nitrogen and oxygen atoms in total. The van der Waals surface area contributed by atoms with E-state index in [0.29, 0.717) is 18.4 Å². The van der Waals surface area contributed by atoms with E-state index in [0.717, 1.165) is 12.8 Å². The largest absolute Gasteiger partial charge is 0.481 e. The first-order valence-electron chi connectivity index (χ1n) is 5.95. The summed E-state index contributed by atoms with van der Waals surface area (Å²) in [7, 11) is 0. The van der Waals surface area contributed by atoms with Gasteiger partial charge in [0, 0.05) is 0 Å². The zero-order valence-corrected chi connectivity index (χ0v) is 9.83. The number of aliphatic carboxylic acids is 1. The van der Waals surface area contributed by atoms with E-state index in [1.54, 1.807) is 0 Å². The normalized spacial score (nSPS) is 37.3. The molecular formula is C12H23NO2. The highest BCUT2D eigenvalue weighted by molar-refractivity contribution is 5.67. The van der Waals surface area contributed by atoms with Gasteiger partial charge < -0.3 is 10.8 Å². The smallest absolute Gasteiger partial charge is 0.303 e. The fourth-order valence-electron chi connectivity index (χ4n) is 3.07. The Morgan fingerprint density at radius 1 is 1.33 bits per heavy atom. The maximum absolute atomic E-state index is 11.0. The number of nitrogens with two attached hydrogens (primary N) is 1. The van der Waals surface area contributed by atoms with Gasteiger partial charge >= 0.3 is 5.97 Å². The zero-order valence-electron chi connectivity index (χ0n) is 9.83. The Morgan fingerprint density at radius 3 is 2.13 bits per heavy atom. The Balaban J connectivity index is 2.91. The van der Waals surface area contributed by atoms with E-state index in [-0.39, 0.29) is 11.8 Å². The molecule has 15 heavy (non-hydrogen) atoms. The van der Waals surface area contributed by atoms with Crippen LogP contribution in [0.2, 0.25) is 0 Å². The number of hydrogen-bond acceptors (Lipinski definition) is 2. The van der Waals surface area contributed by atoms with Crippen LogP contribution in [0.25, 0.3) is 0 Å². The number of carbonyl (C=O) groups is 1. The van der Waals surface area contributed by atoms with Gasteiger partial charge in [-0.25, -0.2) is 0 Å². The predicted molar refractivity (Wildman–Crippen MR) is 60.5 cm³/mol. The predicted octanol–water partition coefficient (Wildman–Crippen LogP) is 2.25. The Kier molecular flexibility index (Phi) is 4.14. The average molecular weight is 213 g/mol. The maximum atomic E-state index is 11.0. The fraction of sp³-hybridized carbons (Fsp3) is 0.917. The summed E-state index contributed by atoms with van der Waals surface area (Å²) in [4.78, 5) is 11.0. The first kappa shape index (κ1) is 12.5. The minimum atomic E-state index is -0.707. The molecule has 3 N–H and O–H groups in total. The summed E-state index contributed by atoms with van der Waals surface area (Å²) in [6, 6.07) is 0. The van der Waals surface area contributed by atoms with E-state index < -0.39 is 5.97 Å². The van der Waals surface area contributed by atoms with Crippen molar-refractivity contribution in [3.05, 3.63) is 0 Å². The molecule has 1 aliphatic carbocycles. The van der Waals surface area contributed by atoms with Crippen molar-refractivity contribution in [1.29, 1.82) is 0 Å². The first-order valence-corrected chi connectivity index (χ1v) is 5.95. The van der Waals surface area contributed by atoms with Crippen LogP contribution in [-0.2, 0) is 4.79 Å². The third-order valence-electron chi connectivity index (χ3n) is 4.35. The quantitative estimate of drug-likeness (QED) is 0.707. The summed E-state index contributed by atoms with van der Waals surface area (Å²) >= 11 is 0. The minimum Gasteiger partial charge on any atom is -0.481 e. The third-order valence-corrected chi connectivity index (χ3v) is 4.35. The van der Waals surface area contributed by atoms with Gasteiger partial charge in [-0.2, -0.15) is 0 Å². The van der Waals surface area contributed by atoms with Crippen LogP contribution in [0.3, 0.4) is 0 Å². The molecule has 0 amide bonds. The third kappa shape index (κ3) is 2.51. The molecule has 88 valence electrons. The van der Waals surface area contributed by atoms with Crippen molar-refractivity contribution in [3.8, 4) is 0 Å². The number of carboxylic acid groups (broad SMARTS) is 1. The highest BCUT2D eigenvalue weighted by Gasteiger charge is 2.42. The molecule has 0 aromatic heterocycles. The van der Waals surface area contributed by atoms with Crippen molar-refractivity contribution in [1.82, 2.24) is 0 Å². The molecule has 0 heterocycles. The van der Waals surface area contributed by atoms with Gasteiger partial charge in [-0.15, -0.1) is 0 Å². The molecule has 0 radical (unpaired) electrons. The summed E-state index contributed by atoms with van der Waals surface area (Å²) in [5.74, 6) is 0.147. The van der Waals surface area contributed by atoms with Crippen molar-refractivity contribution in [2.24, 2.45) is 23.0 Å². The van der Waals surface area contributed by atoms with E-state index in [4.69, 9.17) is 10.8 Å². The fourth-order valence-corrected chi connectivity index (χ4v) is 3.07. The first-order chi connectivity index (χ1) is 7.03. The highest BCUT2D eigenvalue weighted by atomic mass is 16.4. The minimum absolute atomic E-state index is 0.178. The van der Waals surface area contributed by atoms with E-state index in [1.807, 2.05) is 0 Å². The van der Waals surface area contributed by atoms with Gasteiger partial charge in [0.05, 0.1) is 6.42 Å². The topological polar surface area (TPSA) is 63.3 Å². The Hall–Kier alpha value is -0.570. The molecule has 0 aliphatic heterocycles. The van der Waals surface area contributed by atoms with Crippen molar-refractivity contribution < 1.29 is 9.90 Å². The van der Waals surface area contributed by atoms with Gasteiger partial charge in [0.1, 0.15) is 0 Å². The standard InChI is InChI=1S/C12H23NO2/c1-9-5-3-4-6-10(2)12(9,8-13)7-11(14)15/h9-10H,3-8,13H2,1-2H3,(H,14,15). The molecule has 2 unspecified atom stereocenters. The Bertz CT molecular complexity index is 216. The molecular weight excluding hydrogens is 190 g/mol. The monoisotopic (exact) mass is 213 g/mol. The SMILES string of the molecule is CC1CCCCC(C)C1(CN)CC(=O)O. The van der Waals surface area contributed by atoms with Crippen molar-refractivity contribution >= 4 is 5.97 Å². The van der Waals surface area contributed by atoms with Crippen molar-refractivity contribution in [2.75, 3.05) is 6.54 Å². The van der Waals surface area contributed by atoms with Gasteiger partial charge in [0.15, 0.2) is 0 Å². The van der Waals surface area contributed by atoms with E-state index in [9.17, 15) is 4.79 Å². The van der Waals surface area contributed by atoms with Gasteiger partial charge in [-0.3, -0.25) is 4.79 Å². The van der Waals surface area contributed by atoms with Crippen LogP contribution in [0.1, 0.15) is 46.0 Å². The lowest BCUT2D eigenvalue weighted by Gasteiger charge is -2.41. The van der Waals surface area contributed by atoms with Gasteiger partial charge in [-0.1, -0.05) is 39.5 Å². The number of rotatable bonds is 3. The second-order valence-corrected chi connectivity index (χ2v) is 5.09. The zero-order chi connectivity index (χ0) is 11.5. The summed E-state index contributed by atoms with van der Waals surface area (Å²) in [6.07, 6.45) is 4.90. The highest BCUT2D eigenvalue weighted by Crippen LogP contribution is 2.45. The molecule has 0 aromatic carbocycles. The molecule has 1 rings (SSSR count). The second kappa shape index (κ2) is 4.97. The molecule has 1 aliphatic rings. The maximum Gasteiger partial charge on any atom is 0.303 e. The second-order valence-electron chi connectivity index (χ2n) is 5.09.